The van der Waals surface area contributed by atoms with Gasteiger partial charge in [0.2, 0.25) is 0 Å². The van der Waals surface area contributed by atoms with Gasteiger partial charge in [-0.25, -0.2) is 0 Å². The summed E-state index contributed by atoms with van der Waals surface area (Å²) in [5, 5.41) is 0. The van der Waals surface area contributed by atoms with E-state index in [4.69, 9.17) is 15.2 Å². The Balaban J connectivity index is 1.86. The van der Waals surface area contributed by atoms with Crippen LogP contribution in [0.25, 0.3) is 0 Å². The molecule has 0 fully saturated rings. The van der Waals surface area contributed by atoms with Crippen molar-refractivity contribution in [2.45, 2.75) is 0 Å². The number of anilines is 1. The Morgan fingerprint density at radius 1 is 0.682 bits per heavy atom. The summed E-state index contributed by atoms with van der Waals surface area (Å²) in [5.41, 5.74) is 10.0. The normalized spacial score (nSPS) is 13.4. The Bertz CT molecular complexity index is 923. The molecule has 0 bridgehead atoms. The van der Waals surface area contributed by atoms with Gasteiger partial charge >= 0.3 is 0 Å². The minimum atomic E-state index is 0.125. The second-order valence-corrected chi connectivity index (χ2v) is 5.64. The molecule has 0 atom stereocenters. The monoisotopic (exact) mass is 285 g/mol. The molecule has 2 N–H and O–H groups in total. The van der Waals surface area contributed by atoms with Crippen LogP contribution in [-0.4, -0.2) is 6.71 Å². The molecule has 0 spiro atoms. The highest BCUT2D eigenvalue weighted by molar-refractivity contribution is 6.98. The first-order chi connectivity index (χ1) is 10.8. The van der Waals surface area contributed by atoms with Crippen molar-refractivity contribution >= 4 is 28.8 Å². The molecule has 0 amide bonds. The van der Waals surface area contributed by atoms with Crippen LogP contribution in [0.1, 0.15) is 0 Å². The van der Waals surface area contributed by atoms with Gasteiger partial charge in [0.05, 0.1) is 0 Å². The lowest BCUT2D eigenvalue weighted by Crippen LogP contribution is -2.57. The van der Waals surface area contributed by atoms with Crippen molar-refractivity contribution in [2.75, 3.05) is 5.73 Å². The number of ether oxygens (including phenoxy) is 2. The number of para-hydroxylation sites is 1. The van der Waals surface area contributed by atoms with E-state index in [9.17, 15) is 0 Å². The highest BCUT2D eigenvalue weighted by Crippen LogP contribution is 2.34. The van der Waals surface area contributed by atoms with Gasteiger partial charge in [0.1, 0.15) is 23.0 Å². The maximum absolute atomic E-state index is 6.06. The summed E-state index contributed by atoms with van der Waals surface area (Å²) >= 11 is 0. The number of nitrogens with two attached hydrogens (primary N) is 1. The van der Waals surface area contributed by atoms with Crippen molar-refractivity contribution in [1.29, 1.82) is 0 Å². The molecule has 2 aliphatic heterocycles. The second-order valence-electron chi connectivity index (χ2n) is 5.64. The minimum absolute atomic E-state index is 0.125. The van der Waals surface area contributed by atoms with Gasteiger partial charge in [-0.15, -0.1) is 0 Å². The Kier molecular flexibility index (Phi) is 2.18. The number of hydrogen-bond donors (Lipinski definition) is 1. The zero-order valence-electron chi connectivity index (χ0n) is 11.7. The first-order valence-corrected chi connectivity index (χ1v) is 7.28. The second kappa shape index (κ2) is 4.07. The first kappa shape index (κ1) is 11.7. The van der Waals surface area contributed by atoms with Crippen LogP contribution in [0, 0.1) is 0 Å². The summed E-state index contributed by atoms with van der Waals surface area (Å²) in [5.74, 6) is 3.44. The van der Waals surface area contributed by atoms with Gasteiger partial charge in [-0.05, 0) is 35.2 Å². The molecular formula is C18H12BNO2. The van der Waals surface area contributed by atoms with Gasteiger partial charge in [0.15, 0.2) is 0 Å². The summed E-state index contributed by atoms with van der Waals surface area (Å²) in [6.07, 6.45) is 0. The predicted molar refractivity (Wildman–Crippen MR) is 88.5 cm³/mol. The van der Waals surface area contributed by atoms with E-state index in [1.807, 2.05) is 48.5 Å². The molecule has 0 saturated heterocycles. The average Bonchev–Trinajstić information content (AvgIpc) is 2.54. The van der Waals surface area contributed by atoms with Crippen molar-refractivity contribution in [3.05, 3.63) is 60.7 Å². The molecular weight excluding hydrogens is 273 g/mol. The SMILES string of the molecule is Nc1ccc2c(c1)Oc1cccc3c1B2c1ccccc1O3. The third kappa shape index (κ3) is 1.47. The molecule has 22 heavy (non-hydrogen) atoms. The summed E-state index contributed by atoms with van der Waals surface area (Å²) in [7, 11) is 0. The van der Waals surface area contributed by atoms with Gasteiger partial charge in [-0.3, -0.25) is 0 Å². The fraction of sp³-hybridized carbons (Fsp3) is 0. The number of benzene rings is 3. The number of hydrogen-bond acceptors (Lipinski definition) is 3. The van der Waals surface area contributed by atoms with Gasteiger partial charge in [-0.1, -0.05) is 30.3 Å². The molecule has 2 aliphatic rings. The van der Waals surface area contributed by atoms with E-state index in [1.165, 1.54) is 0 Å². The zero-order chi connectivity index (χ0) is 14.7. The van der Waals surface area contributed by atoms with Crippen molar-refractivity contribution < 1.29 is 9.47 Å². The van der Waals surface area contributed by atoms with Crippen LogP contribution < -0.4 is 31.6 Å². The molecule has 3 nitrogen and oxygen atoms in total. The Labute approximate surface area is 128 Å². The van der Waals surface area contributed by atoms with Crippen LogP contribution in [0.4, 0.5) is 5.69 Å². The van der Waals surface area contributed by atoms with Gasteiger partial charge in [0, 0.05) is 17.2 Å². The maximum Gasteiger partial charge on any atom is 0.260 e. The Hall–Kier alpha value is -2.88. The van der Waals surface area contributed by atoms with Crippen LogP contribution >= 0.6 is 0 Å². The standard InChI is InChI=1S/C18H12BNO2/c20-11-8-9-13-17(10-11)22-16-7-3-6-15-18(16)19(13)12-4-1-2-5-14(12)21-15/h1-10H,20H2. The third-order valence-electron chi connectivity index (χ3n) is 4.33. The van der Waals surface area contributed by atoms with E-state index < -0.39 is 0 Å². The van der Waals surface area contributed by atoms with Crippen LogP contribution in [0.2, 0.25) is 0 Å². The lowest BCUT2D eigenvalue weighted by atomic mass is 9.35. The summed E-state index contributed by atoms with van der Waals surface area (Å²) < 4.78 is 12.1. The minimum Gasteiger partial charge on any atom is -0.458 e. The van der Waals surface area contributed by atoms with Gasteiger partial charge in [-0.2, -0.15) is 0 Å². The van der Waals surface area contributed by atoms with Crippen LogP contribution in [0.5, 0.6) is 23.0 Å². The third-order valence-corrected chi connectivity index (χ3v) is 4.33. The molecule has 3 aromatic rings. The Morgan fingerprint density at radius 2 is 1.36 bits per heavy atom. The van der Waals surface area contributed by atoms with Gasteiger partial charge in [0.25, 0.3) is 6.71 Å². The summed E-state index contributed by atoms with van der Waals surface area (Å²) in [6.45, 7) is 0.125. The highest BCUT2D eigenvalue weighted by atomic mass is 16.5. The van der Waals surface area contributed by atoms with Gasteiger partial charge < -0.3 is 15.2 Å². The fourth-order valence-corrected chi connectivity index (χ4v) is 3.39. The summed E-state index contributed by atoms with van der Waals surface area (Å²) in [6, 6.07) is 20.0. The highest BCUT2D eigenvalue weighted by Gasteiger charge is 2.39. The molecule has 0 radical (unpaired) electrons. The number of fused-ring (bicyclic) bond motifs is 4. The molecule has 0 saturated carbocycles. The molecule has 0 aliphatic carbocycles. The van der Waals surface area contributed by atoms with E-state index in [0.29, 0.717) is 5.69 Å². The van der Waals surface area contributed by atoms with E-state index in [-0.39, 0.29) is 6.71 Å². The van der Waals surface area contributed by atoms with Crippen LogP contribution in [0.3, 0.4) is 0 Å². The lowest BCUT2D eigenvalue weighted by Gasteiger charge is -2.32. The topological polar surface area (TPSA) is 44.5 Å². The van der Waals surface area contributed by atoms with Crippen molar-refractivity contribution in [2.24, 2.45) is 0 Å². The quantitative estimate of drug-likeness (QED) is 0.349. The average molecular weight is 285 g/mol. The van der Waals surface area contributed by atoms with Crippen molar-refractivity contribution in [1.82, 2.24) is 0 Å². The maximum atomic E-state index is 6.06. The van der Waals surface area contributed by atoms with Crippen molar-refractivity contribution in [3.8, 4) is 23.0 Å². The number of rotatable bonds is 0. The molecule has 0 unspecified atom stereocenters. The number of nitrogen functional groups attached to an aromatic ring is 1. The predicted octanol–water partition coefficient (Wildman–Crippen LogP) is 2.00. The molecule has 3 aromatic carbocycles. The smallest absolute Gasteiger partial charge is 0.260 e. The molecule has 0 aromatic heterocycles. The van der Waals surface area contributed by atoms with E-state index >= 15 is 0 Å². The van der Waals surface area contributed by atoms with E-state index in [2.05, 4.69) is 12.1 Å². The Morgan fingerprint density at radius 3 is 2.23 bits per heavy atom. The zero-order valence-corrected chi connectivity index (χ0v) is 11.7. The molecule has 4 heteroatoms. The largest absolute Gasteiger partial charge is 0.458 e. The molecule has 2 heterocycles. The van der Waals surface area contributed by atoms with Crippen LogP contribution in [0.15, 0.2) is 60.7 Å². The fourth-order valence-electron chi connectivity index (χ4n) is 3.39. The van der Waals surface area contributed by atoms with E-state index in [0.717, 1.165) is 39.4 Å². The first-order valence-electron chi connectivity index (χ1n) is 7.28. The molecule has 104 valence electrons. The van der Waals surface area contributed by atoms with E-state index in [1.54, 1.807) is 0 Å². The van der Waals surface area contributed by atoms with Crippen LogP contribution in [-0.2, 0) is 0 Å². The van der Waals surface area contributed by atoms with Crippen molar-refractivity contribution in [3.63, 3.8) is 0 Å². The summed E-state index contributed by atoms with van der Waals surface area (Å²) in [4.78, 5) is 0. The molecule has 5 rings (SSSR count). The lowest BCUT2D eigenvalue weighted by molar-refractivity contribution is 0.464.